The van der Waals surface area contributed by atoms with E-state index in [4.69, 9.17) is 51.1 Å². The molecule has 3 N–H and O–H groups in total. The van der Waals surface area contributed by atoms with Gasteiger partial charge in [0.1, 0.15) is 34.8 Å². The van der Waals surface area contributed by atoms with Gasteiger partial charge in [-0.1, -0.05) is 34.8 Å². The molecule has 8 heteroatoms. The molecule has 1 aromatic rings. The Labute approximate surface area is 135 Å². The largest absolute Gasteiger partial charge is 0.384 e. The molecular weight excluding hydrogens is 335 g/mol. The lowest BCUT2D eigenvalue weighted by molar-refractivity contribution is 0.252. The maximum absolute atomic E-state index is 9.94. The van der Waals surface area contributed by atoms with Gasteiger partial charge in [0, 0.05) is 5.02 Å². The number of aliphatic hydroxyl groups is 1. The van der Waals surface area contributed by atoms with Crippen molar-refractivity contribution in [1.29, 1.82) is 10.5 Å². The Morgan fingerprint density at radius 2 is 1.76 bits per heavy atom. The van der Waals surface area contributed by atoms with Gasteiger partial charge in [0.2, 0.25) is 0 Å². The molecule has 1 aliphatic heterocycles. The summed E-state index contributed by atoms with van der Waals surface area (Å²) < 4.78 is 0. The Balaban J connectivity index is 2.71. The highest BCUT2D eigenvalue weighted by molar-refractivity contribution is 6.37. The summed E-state index contributed by atoms with van der Waals surface area (Å²) in [7, 11) is 0. The van der Waals surface area contributed by atoms with Crippen molar-refractivity contribution >= 4 is 40.5 Å². The average molecular weight is 342 g/mol. The third-order valence-electron chi connectivity index (χ3n) is 2.87. The second-order valence-corrected chi connectivity index (χ2v) is 5.26. The molecule has 2 rings (SSSR count). The summed E-state index contributed by atoms with van der Waals surface area (Å²) in [5.74, 6) is -0.0989. The molecule has 21 heavy (non-hydrogen) atoms. The zero-order chi connectivity index (χ0) is 15.7. The van der Waals surface area contributed by atoms with Gasteiger partial charge in [-0.25, -0.2) is 0 Å². The normalized spacial score (nSPS) is 18.6. The lowest BCUT2D eigenvalue weighted by atomic mass is 10.0. The monoisotopic (exact) mass is 340 g/mol. The first kappa shape index (κ1) is 15.5. The number of anilines is 1. The zero-order valence-electron chi connectivity index (χ0n) is 10.3. The molecule has 0 aliphatic carbocycles. The SMILES string of the molecule is N#CC1=C(N)N(c2ccc(Cl)cc2Cl)C(Cl)=C(C#N)C1O. The Morgan fingerprint density at radius 3 is 2.29 bits per heavy atom. The van der Waals surface area contributed by atoms with E-state index in [0.717, 1.165) is 0 Å². The number of hydrogen-bond acceptors (Lipinski definition) is 5. The Bertz CT molecular complexity index is 720. The number of halogens is 3. The van der Waals surface area contributed by atoms with Crippen LogP contribution in [0, 0.1) is 22.7 Å². The van der Waals surface area contributed by atoms with E-state index >= 15 is 0 Å². The van der Waals surface area contributed by atoms with Crippen molar-refractivity contribution in [3.63, 3.8) is 0 Å². The van der Waals surface area contributed by atoms with Crippen LogP contribution < -0.4 is 10.6 Å². The quantitative estimate of drug-likeness (QED) is 0.766. The smallest absolute Gasteiger partial charge is 0.131 e. The number of aliphatic hydroxyl groups excluding tert-OH is 1. The zero-order valence-corrected chi connectivity index (χ0v) is 12.6. The molecule has 0 amide bonds. The van der Waals surface area contributed by atoms with Crippen LogP contribution in [0.5, 0.6) is 0 Å². The molecule has 1 atom stereocenters. The fraction of sp³-hybridized carbons (Fsp3) is 0.0769. The molecule has 0 aromatic heterocycles. The van der Waals surface area contributed by atoms with Gasteiger partial charge in [-0.3, -0.25) is 4.90 Å². The van der Waals surface area contributed by atoms with Crippen LogP contribution in [0.25, 0.3) is 0 Å². The minimum absolute atomic E-state index is 0.0989. The summed E-state index contributed by atoms with van der Waals surface area (Å²) in [5.41, 5.74) is 5.85. The third-order valence-corrected chi connectivity index (χ3v) is 3.78. The summed E-state index contributed by atoms with van der Waals surface area (Å²) in [5, 5.41) is 28.7. The standard InChI is InChI=1S/C13H7Cl3N4O/c14-6-1-2-10(9(15)3-6)20-12(16)7(4-17)11(21)8(5-18)13(20)19/h1-3,11,21H,19H2. The van der Waals surface area contributed by atoms with E-state index < -0.39 is 6.10 Å². The van der Waals surface area contributed by atoms with Gasteiger partial charge in [-0.15, -0.1) is 0 Å². The van der Waals surface area contributed by atoms with Crippen LogP contribution in [0.3, 0.4) is 0 Å². The van der Waals surface area contributed by atoms with Crippen LogP contribution >= 0.6 is 34.8 Å². The highest BCUT2D eigenvalue weighted by Crippen LogP contribution is 2.39. The molecular formula is C13H7Cl3N4O. The van der Waals surface area contributed by atoms with Crippen molar-refractivity contribution in [2.75, 3.05) is 4.90 Å². The summed E-state index contributed by atoms with van der Waals surface area (Å²) in [4.78, 5) is 1.23. The summed E-state index contributed by atoms with van der Waals surface area (Å²) in [6.07, 6.45) is -1.46. The van der Waals surface area contributed by atoms with E-state index in [1.165, 1.54) is 11.0 Å². The van der Waals surface area contributed by atoms with Crippen LogP contribution in [0.1, 0.15) is 0 Å². The van der Waals surface area contributed by atoms with Gasteiger partial charge in [-0.05, 0) is 18.2 Å². The first-order valence-electron chi connectivity index (χ1n) is 5.55. The van der Waals surface area contributed by atoms with Gasteiger partial charge < -0.3 is 10.8 Å². The van der Waals surface area contributed by atoms with Crippen molar-refractivity contribution in [1.82, 2.24) is 0 Å². The second kappa shape index (κ2) is 5.85. The van der Waals surface area contributed by atoms with Gasteiger partial charge in [0.25, 0.3) is 0 Å². The number of nitriles is 2. The molecule has 1 unspecified atom stereocenters. The molecule has 0 fully saturated rings. The summed E-state index contributed by atoms with van der Waals surface area (Å²) in [6, 6.07) is 8.11. The van der Waals surface area contributed by atoms with Crippen molar-refractivity contribution < 1.29 is 5.11 Å². The number of nitrogens with zero attached hydrogens (tertiary/aromatic N) is 3. The predicted molar refractivity (Wildman–Crippen MR) is 80.3 cm³/mol. The van der Waals surface area contributed by atoms with Gasteiger partial charge in [0.05, 0.1) is 16.3 Å². The maximum atomic E-state index is 9.94. The minimum Gasteiger partial charge on any atom is -0.384 e. The van der Waals surface area contributed by atoms with Crippen LogP contribution in [-0.4, -0.2) is 11.2 Å². The van der Waals surface area contributed by atoms with E-state index in [9.17, 15) is 5.11 Å². The van der Waals surface area contributed by atoms with E-state index in [1.54, 1.807) is 24.3 Å². The molecule has 0 radical (unpaired) electrons. The molecule has 0 saturated carbocycles. The fourth-order valence-corrected chi connectivity index (χ4v) is 2.69. The van der Waals surface area contributed by atoms with Gasteiger partial charge >= 0.3 is 0 Å². The maximum Gasteiger partial charge on any atom is 0.131 e. The van der Waals surface area contributed by atoms with Gasteiger partial charge in [0.15, 0.2) is 0 Å². The topological polar surface area (TPSA) is 97.1 Å². The first-order chi connectivity index (χ1) is 9.92. The summed E-state index contributed by atoms with van der Waals surface area (Å²) in [6.45, 7) is 0. The van der Waals surface area contributed by atoms with Crippen LogP contribution in [-0.2, 0) is 0 Å². The predicted octanol–water partition coefficient (Wildman–Crippen LogP) is 2.84. The van der Waals surface area contributed by atoms with Crippen LogP contribution in [0.15, 0.2) is 40.3 Å². The molecule has 1 aliphatic rings. The molecule has 0 bridgehead atoms. The fourth-order valence-electron chi connectivity index (χ4n) is 1.87. The Morgan fingerprint density at radius 1 is 1.14 bits per heavy atom. The van der Waals surface area contributed by atoms with E-state index in [0.29, 0.717) is 10.7 Å². The van der Waals surface area contributed by atoms with E-state index in [2.05, 4.69) is 0 Å². The summed E-state index contributed by atoms with van der Waals surface area (Å²) >= 11 is 18.0. The van der Waals surface area contributed by atoms with Crippen molar-refractivity contribution in [3.05, 3.63) is 50.4 Å². The van der Waals surface area contributed by atoms with Crippen molar-refractivity contribution in [3.8, 4) is 12.1 Å². The molecule has 1 aromatic carbocycles. The van der Waals surface area contributed by atoms with Crippen molar-refractivity contribution in [2.24, 2.45) is 5.73 Å². The molecule has 106 valence electrons. The number of hydrogen-bond donors (Lipinski definition) is 2. The molecule has 0 saturated heterocycles. The number of nitrogens with two attached hydrogens (primary N) is 1. The molecule has 0 spiro atoms. The van der Waals surface area contributed by atoms with Crippen molar-refractivity contribution in [2.45, 2.75) is 6.10 Å². The first-order valence-corrected chi connectivity index (χ1v) is 6.68. The Hall–Kier alpha value is -1.89. The minimum atomic E-state index is -1.46. The number of benzene rings is 1. The average Bonchev–Trinajstić information content (AvgIpc) is 2.42. The highest BCUT2D eigenvalue weighted by Gasteiger charge is 2.34. The van der Waals surface area contributed by atoms with E-state index in [1.807, 2.05) is 0 Å². The Kier molecular flexibility index (Phi) is 4.32. The lowest BCUT2D eigenvalue weighted by Gasteiger charge is -2.31. The third kappa shape index (κ3) is 2.53. The molecule has 1 heterocycles. The lowest BCUT2D eigenvalue weighted by Crippen LogP contribution is -2.36. The number of rotatable bonds is 1. The molecule has 5 nitrogen and oxygen atoms in total. The van der Waals surface area contributed by atoms with Crippen LogP contribution in [0.4, 0.5) is 5.69 Å². The van der Waals surface area contributed by atoms with Gasteiger partial charge in [-0.2, -0.15) is 10.5 Å². The highest BCUT2D eigenvalue weighted by atomic mass is 35.5. The van der Waals surface area contributed by atoms with Crippen LogP contribution in [0.2, 0.25) is 10.0 Å². The second-order valence-electron chi connectivity index (χ2n) is 4.06. The van der Waals surface area contributed by atoms with E-state index in [-0.39, 0.29) is 27.1 Å².